The zero-order chi connectivity index (χ0) is 13.3. The summed E-state index contributed by atoms with van der Waals surface area (Å²) >= 11 is 0. The molecule has 1 aliphatic rings. The van der Waals surface area contributed by atoms with Crippen LogP contribution in [0.15, 0.2) is 18.2 Å². The summed E-state index contributed by atoms with van der Waals surface area (Å²) in [5.41, 5.74) is 0.117. The highest BCUT2D eigenvalue weighted by molar-refractivity contribution is 6.02. The number of hydrogen-bond donors (Lipinski definition) is 0. The van der Waals surface area contributed by atoms with Gasteiger partial charge in [0, 0.05) is 30.8 Å². The molecule has 2 rings (SSSR count). The second kappa shape index (κ2) is 4.63. The maximum absolute atomic E-state index is 12.7. The maximum Gasteiger partial charge on any atom is 0.416 e. The van der Waals surface area contributed by atoms with E-state index in [0.29, 0.717) is 37.2 Å². The molecule has 0 atom stereocenters. The quantitative estimate of drug-likeness (QED) is 0.767. The van der Waals surface area contributed by atoms with Gasteiger partial charge in [-0.25, -0.2) is 0 Å². The summed E-state index contributed by atoms with van der Waals surface area (Å²) in [6, 6.07) is 3.37. The van der Waals surface area contributed by atoms with E-state index in [1.54, 1.807) is 0 Å². The van der Waals surface area contributed by atoms with Gasteiger partial charge in [0.25, 0.3) is 0 Å². The van der Waals surface area contributed by atoms with Gasteiger partial charge in [0.2, 0.25) is 0 Å². The lowest BCUT2D eigenvalue weighted by atomic mass is 10.0. The number of fused-ring (bicyclic) bond motifs is 1. The standard InChI is InChI=1S/C13H14F3NO/c1-2-17-7-3-4-12(18)10-6-5-9(8-11(10)17)13(14,15)16/h5-6,8H,2-4,7H2,1H3. The monoisotopic (exact) mass is 257 g/mol. The largest absolute Gasteiger partial charge is 0.416 e. The van der Waals surface area contributed by atoms with Crippen LogP contribution in [0.25, 0.3) is 0 Å². The van der Waals surface area contributed by atoms with E-state index in [4.69, 9.17) is 0 Å². The number of nitrogens with zero attached hydrogens (tertiary/aromatic N) is 1. The van der Waals surface area contributed by atoms with E-state index >= 15 is 0 Å². The maximum atomic E-state index is 12.7. The Kier molecular flexibility index (Phi) is 3.32. The summed E-state index contributed by atoms with van der Waals surface area (Å²) in [6.45, 7) is 3.10. The van der Waals surface area contributed by atoms with Crippen molar-refractivity contribution in [1.29, 1.82) is 0 Å². The second-order valence-electron chi connectivity index (χ2n) is 4.34. The number of benzene rings is 1. The van der Waals surface area contributed by atoms with Gasteiger partial charge in [0.1, 0.15) is 0 Å². The average molecular weight is 257 g/mol. The molecule has 1 aromatic carbocycles. The third-order valence-corrected chi connectivity index (χ3v) is 3.18. The molecule has 0 fully saturated rings. The van der Waals surface area contributed by atoms with Crippen molar-refractivity contribution in [2.24, 2.45) is 0 Å². The first-order valence-electron chi connectivity index (χ1n) is 5.93. The molecular weight excluding hydrogens is 243 g/mol. The van der Waals surface area contributed by atoms with Crippen molar-refractivity contribution in [2.45, 2.75) is 25.9 Å². The van der Waals surface area contributed by atoms with Gasteiger partial charge in [0.05, 0.1) is 5.56 Å². The van der Waals surface area contributed by atoms with E-state index in [0.717, 1.165) is 12.1 Å². The summed E-state index contributed by atoms with van der Waals surface area (Å²) in [5, 5.41) is 0. The topological polar surface area (TPSA) is 20.3 Å². The molecule has 0 unspecified atom stereocenters. The molecule has 18 heavy (non-hydrogen) atoms. The Morgan fingerprint density at radius 2 is 2.06 bits per heavy atom. The molecule has 0 bridgehead atoms. The molecule has 2 nitrogen and oxygen atoms in total. The molecule has 0 spiro atoms. The van der Waals surface area contributed by atoms with E-state index in [-0.39, 0.29) is 5.78 Å². The van der Waals surface area contributed by atoms with E-state index in [2.05, 4.69) is 0 Å². The fourth-order valence-corrected chi connectivity index (χ4v) is 2.22. The molecule has 0 saturated heterocycles. The van der Waals surface area contributed by atoms with Crippen LogP contribution in [0.2, 0.25) is 0 Å². The van der Waals surface area contributed by atoms with Crippen molar-refractivity contribution in [1.82, 2.24) is 0 Å². The number of Topliss-reactive ketones (excluding diaryl/α,β-unsaturated/α-hetero) is 1. The van der Waals surface area contributed by atoms with E-state index in [1.165, 1.54) is 6.07 Å². The number of halogens is 3. The molecule has 0 aliphatic carbocycles. The lowest BCUT2D eigenvalue weighted by molar-refractivity contribution is -0.137. The molecule has 5 heteroatoms. The van der Waals surface area contributed by atoms with Crippen LogP contribution < -0.4 is 4.90 Å². The van der Waals surface area contributed by atoms with Crippen LogP contribution in [0.4, 0.5) is 18.9 Å². The average Bonchev–Trinajstić information content (AvgIpc) is 2.47. The Hall–Kier alpha value is -1.52. The highest BCUT2D eigenvalue weighted by Gasteiger charge is 2.32. The van der Waals surface area contributed by atoms with Gasteiger partial charge < -0.3 is 4.90 Å². The predicted molar refractivity (Wildman–Crippen MR) is 62.9 cm³/mol. The van der Waals surface area contributed by atoms with E-state index < -0.39 is 11.7 Å². The van der Waals surface area contributed by atoms with E-state index in [1.807, 2.05) is 11.8 Å². The minimum Gasteiger partial charge on any atom is -0.371 e. The zero-order valence-electron chi connectivity index (χ0n) is 10.0. The smallest absolute Gasteiger partial charge is 0.371 e. The van der Waals surface area contributed by atoms with Gasteiger partial charge in [-0.15, -0.1) is 0 Å². The van der Waals surface area contributed by atoms with Gasteiger partial charge in [-0.05, 0) is 31.5 Å². The lowest BCUT2D eigenvalue weighted by Crippen LogP contribution is -2.24. The van der Waals surface area contributed by atoms with Crippen LogP contribution in [-0.2, 0) is 6.18 Å². The van der Waals surface area contributed by atoms with Crippen molar-refractivity contribution in [3.8, 4) is 0 Å². The van der Waals surface area contributed by atoms with Crippen molar-refractivity contribution in [3.63, 3.8) is 0 Å². The first kappa shape index (κ1) is 12.9. The van der Waals surface area contributed by atoms with Crippen LogP contribution in [0.3, 0.4) is 0 Å². The van der Waals surface area contributed by atoms with Gasteiger partial charge in [-0.3, -0.25) is 4.79 Å². The summed E-state index contributed by atoms with van der Waals surface area (Å²) in [7, 11) is 0. The van der Waals surface area contributed by atoms with Crippen molar-refractivity contribution in [3.05, 3.63) is 29.3 Å². The molecular formula is C13H14F3NO. The molecule has 0 saturated carbocycles. The number of ketones is 1. The van der Waals surface area contributed by atoms with Crippen LogP contribution >= 0.6 is 0 Å². The Balaban J connectivity index is 2.53. The van der Waals surface area contributed by atoms with Gasteiger partial charge in [-0.2, -0.15) is 13.2 Å². The van der Waals surface area contributed by atoms with Crippen molar-refractivity contribution < 1.29 is 18.0 Å². The minimum absolute atomic E-state index is 0.0744. The normalized spacial score (nSPS) is 16.4. The number of anilines is 1. The Morgan fingerprint density at radius 1 is 1.33 bits per heavy atom. The van der Waals surface area contributed by atoms with Gasteiger partial charge in [0.15, 0.2) is 5.78 Å². The first-order chi connectivity index (χ1) is 8.43. The second-order valence-corrected chi connectivity index (χ2v) is 4.34. The van der Waals surface area contributed by atoms with Crippen LogP contribution in [0.5, 0.6) is 0 Å². The Bertz CT molecular complexity index is 468. The fraction of sp³-hybridized carbons (Fsp3) is 0.462. The summed E-state index contributed by atoms with van der Waals surface area (Å²) < 4.78 is 38.1. The summed E-state index contributed by atoms with van der Waals surface area (Å²) in [5.74, 6) is -0.0744. The molecule has 1 aliphatic heterocycles. The zero-order valence-corrected chi connectivity index (χ0v) is 10.0. The molecule has 1 aromatic rings. The molecule has 0 radical (unpaired) electrons. The predicted octanol–water partition coefficient (Wildman–Crippen LogP) is 3.51. The van der Waals surface area contributed by atoms with Gasteiger partial charge >= 0.3 is 6.18 Å². The first-order valence-corrected chi connectivity index (χ1v) is 5.93. The van der Waals surface area contributed by atoms with Crippen molar-refractivity contribution >= 4 is 11.5 Å². The summed E-state index contributed by atoms with van der Waals surface area (Å²) in [4.78, 5) is 13.6. The van der Waals surface area contributed by atoms with Gasteiger partial charge in [-0.1, -0.05) is 0 Å². The highest BCUT2D eigenvalue weighted by Crippen LogP contribution is 2.35. The molecule has 1 heterocycles. The third-order valence-electron chi connectivity index (χ3n) is 3.18. The molecule has 0 N–H and O–H groups in total. The van der Waals surface area contributed by atoms with Crippen molar-refractivity contribution in [2.75, 3.05) is 18.0 Å². The minimum atomic E-state index is -4.37. The molecule has 0 amide bonds. The molecule has 98 valence electrons. The Morgan fingerprint density at radius 3 is 2.67 bits per heavy atom. The number of rotatable bonds is 1. The SMILES string of the molecule is CCN1CCCC(=O)c2ccc(C(F)(F)F)cc21. The number of hydrogen-bond acceptors (Lipinski definition) is 2. The lowest BCUT2D eigenvalue weighted by Gasteiger charge is -2.23. The third kappa shape index (κ3) is 2.35. The number of carbonyl (C=O) groups excluding carboxylic acids is 1. The van der Waals surface area contributed by atoms with Crippen LogP contribution in [-0.4, -0.2) is 18.9 Å². The highest BCUT2D eigenvalue weighted by atomic mass is 19.4. The van der Waals surface area contributed by atoms with E-state index in [9.17, 15) is 18.0 Å². The number of alkyl halides is 3. The summed E-state index contributed by atoms with van der Waals surface area (Å²) in [6.07, 6.45) is -3.29. The molecule has 0 aromatic heterocycles. The Labute approximate surface area is 103 Å². The van der Waals surface area contributed by atoms with Crippen LogP contribution in [0, 0.1) is 0 Å². The number of carbonyl (C=O) groups is 1. The fourth-order valence-electron chi connectivity index (χ4n) is 2.22. The van der Waals surface area contributed by atoms with Crippen LogP contribution in [0.1, 0.15) is 35.7 Å².